The molecule has 0 rings (SSSR count). The summed E-state index contributed by atoms with van der Waals surface area (Å²) in [6, 6.07) is 0. The van der Waals surface area contributed by atoms with Crippen molar-refractivity contribution in [3.05, 3.63) is 24.3 Å². The van der Waals surface area contributed by atoms with E-state index in [1.807, 2.05) is 0 Å². The Morgan fingerprint density at radius 3 is 1.28 bits per heavy atom. The van der Waals surface area contributed by atoms with Gasteiger partial charge in [0.05, 0.1) is 6.61 Å². The van der Waals surface area contributed by atoms with Gasteiger partial charge in [-0.15, -0.1) is 0 Å². The van der Waals surface area contributed by atoms with Gasteiger partial charge in [0.1, 0.15) is 0 Å². The Balaban J connectivity index is -0.000000187. The van der Waals surface area contributed by atoms with Crippen LogP contribution in [-0.4, -0.2) is 34.9 Å². The van der Waals surface area contributed by atoms with Crippen LogP contribution in [0.2, 0.25) is 0 Å². The van der Waals surface area contributed by atoms with E-state index in [2.05, 4.69) is 23.6 Å². The van der Waals surface area contributed by atoms with Crippen molar-refractivity contribution in [2.24, 2.45) is 5.73 Å². The van der Waals surface area contributed by atoms with E-state index < -0.39 is 18.0 Å². The van der Waals surface area contributed by atoms with Crippen LogP contribution in [0.5, 0.6) is 0 Å². The maximum Gasteiger partial charge on any atom is 0.404 e. The summed E-state index contributed by atoms with van der Waals surface area (Å²) < 4.78 is 4.18. The number of ether oxygens (including phenoxy) is 1. The standard InChI is InChI=1S/2C4H6O2.C3H7NO2/c2*1-3(2)4(5)6;1-2-6-3(4)5/h2*1H2,2H3,(H,5,6);2H2,1H3,(H2,4,5). The minimum absolute atomic E-state index is 0.176. The van der Waals surface area contributed by atoms with E-state index in [4.69, 9.17) is 10.2 Å². The fourth-order valence-corrected chi connectivity index (χ4v) is 0.142. The topological polar surface area (TPSA) is 127 Å². The summed E-state index contributed by atoms with van der Waals surface area (Å²) >= 11 is 0. The molecule has 0 aliphatic heterocycles. The molecule has 0 fully saturated rings. The average Bonchev–Trinajstić information content (AvgIpc) is 2.18. The van der Waals surface area contributed by atoms with E-state index >= 15 is 0 Å². The lowest BCUT2D eigenvalue weighted by molar-refractivity contribution is -0.133. The Labute approximate surface area is 106 Å². The lowest BCUT2D eigenvalue weighted by Crippen LogP contribution is -2.11. The van der Waals surface area contributed by atoms with Crippen LogP contribution in [0.4, 0.5) is 4.79 Å². The molecule has 0 bridgehead atoms. The summed E-state index contributed by atoms with van der Waals surface area (Å²) in [5.74, 6) is -1.87. The molecule has 0 aromatic carbocycles. The zero-order valence-electron chi connectivity index (χ0n) is 10.7. The van der Waals surface area contributed by atoms with Gasteiger partial charge in [-0.1, -0.05) is 13.2 Å². The summed E-state index contributed by atoms with van der Waals surface area (Å²) in [5, 5.41) is 15.8. The van der Waals surface area contributed by atoms with Gasteiger partial charge in [0.2, 0.25) is 0 Å². The molecular formula is C11H19NO6. The van der Waals surface area contributed by atoms with E-state index in [9.17, 15) is 14.4 Å². The van der Waals surface area contributed by atoms with E-state index in [0.717, 1.165) is 0 Å². The predicted molar refractivity (Wildman–Crippen MR) is 66.1 cm³/mol. The molecule has 18 heavy (non-hydrogen) atoms. The Kier molecular flexibility index (Phi) is 14.9. The second kappa shape index (κ2) is 12.8. The van der Waals surface area contributed by atoms with Crippen LogP contribution in [-0.2, 0) is 14.3 Å². The van der Waals surface area contributed by atoms with E-state index in [-0.39, 0.29) is 11.1 Å². The molecule has 0 aromatic rings. The monoisotopic (exact) mass is 261 g/mol. The highest BCUT2D eigenvalue weighted by molar-refractivity contribution is 5.85. The molecule has 0 heterocycles. The molecule has 0 unspecified atom stereocenters. The van der Waals surface area contributed by atoms with Gasteiger partial charge >= 0.3 is 18.0 Å². The predicted octanol–water partition coefficient (Wildman–Crippen LogP) is 1.40. The van der Waals surface area contributed by atoms with Crippen molar-refractivity contribution >= 4 is 18.0 Å². The lowest BCUT2D eigenvalue weighted by Gasteiger charge is -1.89. The van der Waals surface area contributed by atoms with Crippen LogP contribution in [0, 0.1) is 0 Å². The number of amides is 1. The first-order valence-corrected chi connectivity index (χ1v) is 4.76. The summed E-state index contributed by atoms with van der Waals surface area (Å²) in [5.41, 5.74) is 4.89. The third kappa shape index (κ3) is 29.2. The summed E-state index contributed by atoms with van der Waals surface area (Å²) in [6.07, 6.45) is -0.711. The Morgan fingerprint density at radius 1 is 1.06 bits per heavy atom. The van der Waals surface area contributed by atoms with Gasteiger partial charge in [0, 0.05) is 11.1 Å². The highest BCUT2D eigenvalue weighted by Crippen LogP contribution is 1.81. The molecule has 0 atom stereocenters. The highest BCUT2D eigenvalue weighted by atomic mass is 16.5. The first-order chi connectivity index (χ1) is 8.06. The average molecular weight is 261 g/mol. The molecule has 0 radical (unpaired) electrons. The van der Waals surface area contributed by atoms with E-state index in [1.165, 1.54) is 13.8 Å². The molecule has 0 saturated heterocycles. The van der Waals surface area contributed by atoms with Gasteiger partial charge in [-0.05, 0) is 20.8 Å². The fraction of sp³-hybridized carbons (Fsp3) is 0.364. The minimum Gasteiger partial charge on any atom is -0.478 e. The first-order valence-electron chi connectivity index (χ1n) is 4.76. The highest BCUT2D eigenvalue weighted by Gasteiger charge is 1.90. The molecule has 7 nitrogen and oxygen atoms in total. The second-order valence-corrected chi connectivity index (χ2v) is 2.92. The molecule has 104 valence electrons. The van der Waals surface area contributed by atoms with E-state index in [1.54, 1.807) is 6.92 Å². The van der Waals surface area contributed by atoms with Gasteiger partial charge in [-0.3, -0.25) is 0 Å². The van der Waals surface area contributed by atoms with Crippen molar-refractivity contribution in [2.45, 2.75) is 20.8 Å². The molecule has 0 spiro atoms. The Morgan fingerprint density at radius 2 is 1.28 bits per heavy atom. The summed E-state index contributed by atoms with van der Waals surface area (Å²) in [7, 11) is 0. The van der Waals surface area contributed by atoms with Crippen molar-refractivity contribution in [2.75, 3.05) is 6.61 Å². The zero-order valence-corrected chi connectivity index (χ0v) is 10.7. The van der Waals surface area contributed by atoms with Gasteiger partial charge in [0.15, 0.2) is 0 Å². The molecule has 0 saturated carbocycles. The summed E-state index contributed by atoms with van der Waals surface area (Å²) in [4.78, 5) is 28.8. The zero-order chi connectivity index (χ0) is 15.3. The molecule has 0 aromatic heterocycles. The van der Waals surface area contributed by atoms with Gasteiger partial charge in [-0.25, -0.2) is 14.4 Å². The van der Waals surface area contributed by atoms with Crippen LogP contribution in [0.3, 0.4) is 0 Å². The Bertz CT molecular complexity index is 273. The maximum atomic E-state index is 9.60. The molecule has 4 N–H and O–H groups in total. The number of carboxylic acids is 2. The number of hydrogen-bond acceptors (Lipinski definition) is 4. The number of carboxylic acid groups (broad SMARTS) is 2. The third-order valence-corrected chi connectivity index (χ3v) is 1.02. The van der Waals surface area contributed by atoms with Crippen LogP contribution in [0.1, 0.15) is 20.8 Å². The number of carbonyl (C=O) groups is 3. The van der Waals surface area contributed by atoms with Crippen molar-refractivity contribution in [3.8, 4) is 0 Å². The molecule has 0 aliphatic carbocycles. The normalized spacial score (nSPS) is 7.50. The second-order valence-electron chi connectivity index (χ2n) is 2.92. The van der Waals surface area contributed by atoms with Gasteiger partial charge < -0.3 is 20.7 Å². The summed E-state index contributed by atoms with van der Waals surface area (Å²) in [6.45, 7) is 11.3. The fourth-order valence-electron chi connectivity index (χ4n) is 0.142. The number of rotatable bonds is 3. The van der Waals surface area contributed by atoms with Crippen molar-refractivity contribution in [1.82, 2.24) is 0 Å². The van der Waals surface area contributed by atoms with Crippen molar-refractivity contribution in [1.29, 1.82) is 0 Å². The maximum absolute atomic E-state index is 9.60. The molecule has 0 aliphatic rings. The first kappa shape index (κ1) is 21.0. The smallest absolute Gasteiger partial charge is 0.404 e. The van der Waals surface area contributed by atoms with Crippen LogP contribution in [0.25, 0.3) is 0 Å². The number of primary amides is 1. The van der Waals surface area contributed by atoms with E-state index in [0.29, 0.717) is 6.61 Å². The van der Waals surface area contributed by atoms with Crippen LogP contribution < -0.4 is 5.73 Å². The Hall–Kier alpha value is -2.31. The molecular weight excluding hydrogens is 242 g/mol. The van der Waals surface area contributed by atoms with Crippen LogP contribution in [0.15, 0.2) is 24.3 Å². The lowest BCUT2D eigenvalue weighted by atomic mass is 10.4. The van der Waals surface area contributed by atoms with Crippen LogP contribution >= 0.6 is 0 Å². The quantitative estimate of drug-likeness (QED) is 0.659. The minimum atomic E-state index is -0.935. The largest absolute Gasteiger partial charge is 0.478 e. The number of aliphatic carboxylic acids is 2. The number of carbonyl (C=O) groups excluding carboxylic acids is 1. The third-order valence-electron chi connectivity index (χ3n) is 1.02. The van der Waals surface area contributed by atoms with Gasteiger partial charge in [-0.2, -0.15) is 0 Å². The molecule has 7 heteroatoms. The number of nitrogens with two attached hydrogens (primary N) is 1. The van der Waals surface area contributed by atoms with Gasteiger partial charge in [0.25, 0.3) is 0 Å². The van der Waals surface area contributed by atoms with Crippen molar-refractivity contribution < 1.29 is 29.3 Å². The number of hydrogen-bond donors (Lipinski definition) is 3. The SMILES string of the molecule is C=C(C)C(=O)O.C=C(C)C(=O)O.CCOC(N)=O. The van der Waals surface area contributed by atoms with Crippen molar-refractivity contribution in [3.63, 3.8) is 0 Å². The molecule has 1 amide bonds.